The molecule has 1 amide bonds. The van der Waals surface area contributed by atoms with Gasteiger partial charge in [0.15, 0.2) is 17.1 Å². The Hall–Kier alpha value is -4.01. The topological polar surface area (TPSA) is 106 Å². The van der Waals surface area contributed by atoms with Crippen molar-refractivity contribution in [2.45, 2.75) is 18.9 Å². The van der Waals surface area contributed by atoms with E-state index in [1.165, 1.54) is 0 Å². The van der Waals surface area contributed by atoms with E-state index in [9.17, 15) is 4.79 Å². The summed E-state index contributed by atoms with van der Waals surface area (Å²) in [7, 11) is 0. The summed E-state index contributed by atoms with van der Waals surface area (Å²) in [6.07, 6.45) is 1.99. The van der Waals surface area contributed by atoms with Crippen LogP contribution in [0.5, 0.6) is 11.5 Å². The molecule has 0 aliphatic carbocycles. The average molecular weight is 431 g/mol. The van der Waals surface area contributed by atoms with E-state index in [0.717, 1.165) is 36.0 Å². The van der Waals surface area contributed by atoms with Crippen molar-refractivity contribution in [3.63, 3.8) is 0 Å². The number of ether oxygens (including phenoxy) is 2. The summed E-state index contributed by atoms with van der Waals surface area (Å²) < 4.78 is 16.7. The third kappa shape index (κ3) is 3.31. The number of hydrogen-bond donors (Lipinski definition) is 2. The number of oxazole rings is 1. The quantitative estimate of drug-likeness (QED) is 0.499. The van der Waals surface area contributed by atoms with Crippen LogP contribution in [0.3, 0.4) is 0 Å². The van der Waals surface area contributed by atoms with Gasteiger partial charge in [-0.15, -0.1) is 0 Å². The maximum atomic E-state index is 12.7. The number of nitrogens with one attached hydrogen (secondary N) is 2. The van der Waals surface area contributed by atoms with E-state index >= 15 is 0 Å². The van der Waals surface area contributed by atoms with Crippen LogP contribution in [0.2, 0.25) is 0 Å². The van der Waals surface area contributed by atoms with Gasteiger partial charge in [-0.1, -0.05) is 12.1 Å². The Balaban J connectivity index is 1.13. The minimum absolute atomic E-state index is 0.128. The Morgan fingerprint density at radius 3 is 3.00 bits per heavy atom. The smallest absolute Gasteiger partial charge is 0.298 e. The molecular weight excluding hydrogens is 410 g/mol. The van der Waals surface area contributed by atoms with Gasteiger partial charge in [0.25, 0.3) is 11.9 Å². The molecule has 162 valence electrons. The maximum absolute atomic E-state index is 12.7. The highest BCUT2D eigenvalue weighted by Gasteiger charge is 2.29. The summed E-state index contributed by atoms with van der Waals surface area (Å²) >= 11 is 0. The van der Waals surface area contributed by atoms with E-state index in [2.05, 4.69) is 25.4 Å². The fourth-order valence-corrected chi connectivity index (χ4v) is 4.23. The molecule has 0 radical (unpaired) electrons. The SMILES string of the molecule is O=C(NCC1CCCN1c1nc2ccccc2o1)c1cc(-c2ccc3c(c2)OCO3)n[nH]1. The summed E-state index contributed by atoms with van der Waals surface area (Å²) in [5, 5.41) is 10.1. The van der Waals surface area contributed by atoms with Crippen LogP contribution in [-0.4, -0.2) is 47.0 Å². The van der Waals surface area contributed by atoms with Crippen molar-refractivity contribution in [1.82, 2.24) is 20.5 Å². The zero-order valence-electron chi connectivity index (χ0n) is 17.2. The first kappa shape index (κ1) is 18.7. The van der Waals surface area contributed by atoms with Crippen molar-refractivity contribution in [2.24, 2.45) is 0 Å². The number of H-pyrrole nitrogens is 1. The molecule has 2 aromatic carbocycles. The minimum Gasteiger partial charge on any atom is -0.454 e. The van der Waals surface area contributed by atoms with Crippen LogP contribution in [0.1, 0.15) is 23.3 Å². The molecule has 6 rings (SSSR count). The molecule has 4 aromatic rings. The zero-order chi connectivity index (χ0) is 21.5. The fourth-order valence-electron chi connectivity index (χ4n) is 4.23. The van der Waals surface area contributed by atoms with Crippen molar-refractivity contribution in [1.29, 1.82) is 0 Å². The van der Waals surface area contributed by atoms with E-state index in [4.69, 9.17) is 13.9 Å². The first-order valence-corrected chi connectivity index (χ1v) is 10.6. The summed E-state index contributed by atoms with van der Waals surface area (Å²) in [4.78, 5) is 19.5. The monoisotopic (exact) mass is 431 g/mol. The van der Waals surface area contributed by atoms with Gasteiger partial charge in [0.2, 0.25) is 6.79 Å². The molecular formula is C23H21N5O4. The third-order valence-corrected chi connectivity index (χ3v) is 5.89. The molecule has 9 heteroatoms. The van der Waals surface area contributed by atoms with Gasteiger partial charge >= 0.3 is 0 Å². The number of aromatic nitrogens is 3. The van der Waals surface area contributed by atoms with Gasteiger partial charge in [-0.05, 0) is 49.2 Å². The molecule has 1 saturated heterocycles. The molecule has 9 nitrogen and oxygen atoms in total. The van der Waals surface area contributed by atoms with Crippen molar-refractivity contribution in [3.05, 3.63) is 54.2 Å². The van der Waals surface area contributed by atoms with Gasteiger partial charge in [-0.3, -0.25) is 9.89 Å². The lowest BCUT2D eigenvalue weighted by molar-refractivity contribution is 0.0946. The summed E-state index contributed by atoms with van der Waals surface area (Å²) in [6.45, 7) is 1.57. The second-order valence-corrected chi connectivity index (χ2v) is 7.90. The fraction of sp³-hybridized carbons (Fsp3) is 0.261. The lowest BCUT2D eigenvalue weighted by atomic mass is 10.1. The minimum atomic E-state index is -0.200. The Bertz CT molecular complexity index is 1260. The van der Waals surface area contributed by atoms with E-state index in [1.807, 2.05) is 42.5 Å². The highest BCUT2D eigenvalue weighted by atomic mass is 16.7. The number of para-hydroxylation sites is 2. The number of amides is 1. The van der Waals surface area contributed by atoms with Gasteiger partial charge in [0, 0.05) is 18.7 Å². The van der Waals surface area contributed by atoms with Crippen molar-refractivity contribution in [2.75, 3.05) is 24.8 Å². The number of anilines is 1. The first-order chi connectivity index (χ1) is 15.7. The van der Waals surface area contributed by atoms with Crippen LogP contribution < -0.4 is 19.7 Å². The number of nitrogens with zero attached hydrogens (tertiary/aromatic N) is 3. The van der Waals surface area contributed by atoms with E-state index < -0.39 is 0 Å². The summed E-state index contributed by atoms with van der Waals surface area (Å²) in [5.41, 5.74) is 3.53. The van der Waals surface area contributed by atoms with Crippen molar-refractivity contribution in [3.8, 4) is 22.8 Å². The number of hydrogen-bond acceptors (Lipinski definition) is 7. The van der Waals surface area contributed by atoms with E-state index in [0.29, 0.717) is 35.4 Å². The van der Waals surface area contributed by atoms with Crippen LogP contribution in [-0.2, 0) is 0 Å². The van der Waals surface area contributed by atoms with Gasteiger partial charge in [-0.2, -0.15) is 10.1 Å². The lowest BCUT2D eigenvalue weighted by Crippen LogP contribution is -2.40. The highest BCUT2D eigenvalue weighted by molar-refractivity contribution is 5.93. The van der Waals surface area contributed by atoms with Gasteiger partial charge in [0.05, 0.1) is 11.7 Å². The van der Waals surface area contributed by atoms with Gasteiger partial charge < -0.3 is 24.1 Å². The number of benzene rings is 2. The molecule has 4 heterocycles. The van der Waals surface area contributed by atoms with Crippen LogP contribution in [0.15, 0.2) is 52.9 Å². The molecule has 2 N–H and O–H groups in total. The van der Waals surface area contributed by atoms with Crippen molar-refractivity contribution < 1.29 is 18.7 Å². The van der Waals surface area contributed by atoms with Crippen molar-refractivity contribution >= 4 is 23.0 Å². The first-order valence-electron chi connectivity index (χ1n) is 10.6. The molecule has 1 atom stereocenters. The lowest BCUT2D eigenvalue weighted by Gasteiger charge is -2.22. The molecule has 0 spiro atoms. The second kappa shape index (κ2) is 7.60. The Labute approximate surface area is 183 Å². The molecule has 2 aliphatic rings. The summed E-state index contributed by atoms with van der Waals surface area (Å²) in [5.74, 6) is 1.19. The molecule has 2 aromatic heterocycles. The predicted octanol–water partition coefficient (Wildman–Crippen LogP) is 3.35. The number of fused-ring (bicyclic) bond motifs is 2. The molecule has 1 fully saturated rings. The number of carbonyl (C=O) groups excluding carboxylic acids is 1. The van der Waals surface area contributed by atoms with Gasteiger partial charge in [-0.25, -0.2) is 0 Å². The third-order valence-electron chi connectivity index (χ3n) is 5.89. The number of aromatic amines is 1. The Morgan fingerprint density at radius 2 is 2.06 bits per heavy atom. The van der Waals surface area contributed by atoms with Crippen LogP contribution >= 0.6 is 0 Å². The van der Waals surface area contributed by atoms with Crippen LogP contribution in [0.25, 0.3) is 22.4 Å². The second-order valence-electron chi connectivity index (χ2n) is 7.90. The normalized spacial score (nSPS) is 17.2. The molecule has 2 aliphatic heterocycles. The molecule has 0 bridgehead atoms. The Morgan fingerprint density at radius 1 is 1.16 bits per heavy atom. The Kier molecular flexibility index (Phi) is 4.45. The van der Waals surface area contributed by atoms with E-state index in [-0.39, 0.29) is 18.7 Å². The molecule has 1 unspecified atom stereocenters. The van der Waals surface area contributed by atoms with Crippen LogP contribution in [0, 0.1) is 0 Å². The average Bonchev–Trinajstić information content (AvgIpc) is 3.60. The van der Waals surface area contributed by atoms with E-state index in [1.54, 1.807) is 6.07 Å². The standard InChI is InChI=1S/C23H21N5O4/c29-22(18-11-17(26-27-18)14-7-8-20-21(10-14)31-13-30-20)24-12-15-4-3-9-28(15)23-25-16-5-1-2-6-19(16)32-23/h1-2,5-8,10-11,15H,3-4,9,12-13H2,(H,24,29)(H,26,27). The highest BCUT2D eigenvalue weighted by Crippen LogP contribution is 2.35. The van der Waals surface area contributed by atoms with Gasteiger partial charge in [0.1, 0.15) is 11.2 Å². The maximum Gasteiger partial charge on any atom is 0.298 e. The molecule has 0 saturated carbocycles. The predicted molar refractivity (Wildman–Crippen MR) is 117 cm³/mol. The largest absolute Gasteiger partial charge is 0.454 e. The summed E-state index contributed by atoms with van der Waals surface area (Å²) in [6, 6.07) is 15.8. The number of carbonyl (C=O) groups is 1. The number of rotatable bonds is 5. The van der Waals surface area contributed by atoms with Crippen LogP contribution in [0.4, 0.5) is 6.01 Å². The zero-order valence-corrected chi connectivity index (χ0v) is 17.2. The molecule has 32 heavy (non-hydrogen) atoms.